The molecule has 8 heteroatoms. The molecule has 134 valence electrons. The van der Waals surface area contributed by atoms with Gasteiger partial charge in [0.05, 0.1) is 22.3 Å². The number of fused-ring (bicyclic) bond motifs is 1. The number of thioether (sulfide) groups is 1. The van der Waals surface area contributed by atoms with Crippen LogP contribution < -0.4 is 5.43 Å². The van der Waals surface area contributed by atoms with Gasteiger partial charge < -0.3 is 4.98 Å². The summed E-state index contributed by atoms with van der Waals surface area (Å²) in [4.78, 5) is 20.0. The lowest BCUT2D eigenvalue weighted by Crippen LogP contribution is -2.17. The summed E-state index contributed by atoms with van der Waals surface area (Å²) in [5, 5.41) is 6.21. The van der Waals surface area contributed by atoms with E-state index in [1.807, 2.05) is 6.07 Å². The number of halogens is 2. The lowest BCUT2D eigenvalue weighted by atomic mass is 10.2. The van der Waals surface area contributed by atoms with Gasteiger partial charge in [-0.05, 0) is 30.3 Å². The highest BCUT2D eigenvalue weighted by molar-refractivity contribution is 7.99. The molecule has 0 spiro atoms. The number of hydrazone groups is 1. The summed E-state index contributed by atoms with van der Waals surface area (Å²) in [6.07, 6.45) is 1.47. The predicted molar refractivity (Wildman–Crippen MR) is 109 cm³/mol. The summed E-state index contributed by atoms with van der Waals surface area (Å²) >= 11 is 13.6. The first-order valence-corrected chi connectivity index (χ1v) is 9.51. The van der Waals surface area contributed by atoms with Crippen LogP contribution in [0.15, 0.2) is 46.7 Å². The number of hydrogen-bond acceptors (Lipinski definition) is 4. The molecular weight excluding hydrogens is 391 g/mol. The van der Waals surface area contributed by atoms with Crippen LogP contribution in [0.25, 0.3) is 11.0 Å². The Labute approximate surface area is 165 Å². The summed E-state index contributed by atoms with van der Waals surface area (Å²) in [6.45, 7) is 4.20. The second-order valence-corrected chi connectivity index (χ2v) is 8.21. The SMILES string of the molecule is CC(C)Sc1nc2ccc(C(=O)N/N=C\c3ccc(Cl)cc3Cl)cc2[nH]1. The standard InChI is InChI=1S/C18H16Cl2N4OS/c1-10(2)26-18-22-15-6-4-11(7-16(15)23-18)17(25)24-21-9-12-3-5-13(19)8-14(12)20/h3-10H,1-2H3,(H,22,23)(H,24,25)/b21-9-. The van der Waals surface area contributed by atoms with E-state index in [4.69, 9.17) is 23.2 Å². The molecule has 0 aliphatic carbocycles. The largest absolute Gasteiger partial charge is 0.333 e. The lowest BCUT2D eigenvalue weighted by Gasteiger charge is -2.01. The number of H-pyrrole nitrogens is 1. The third-order valence-electron chi connectivity index (χ3n) is 3.40. The summed E-state index contributed by atoms with van der Waals surface area (Å²) in [7, 11) is 0. The smallest absolute Gasteiger partial charge is 0.271 e. The van der Waals surface area contributed by atoms with E-state index >= 15 is 0 Å². The number of benzene rings is 2. The van der Waals surface area contributed by atoms with Crippen molar-refractivity contribution < 1.29 is 4.79 Å². The molecule has 1 amide bonds. The van der Waals surface area contributed by atoms with Gasteiger partial charge in [-0.25, -0.2) is 10.4 Å². The van der Waals surface area contributed by atoms with Crippen LogP contribution in [0.4, 0.5) is 0 Å². The fraction of sp³-hybridized carbons (Fsp3) is 0.167. The van der Waals surface area contributed by atoms with E-state index in [9.17, 15) is 4.79 Å². The molecule has 5 nitrogen and oxygen atoms in total. The highest BCUT2D eigenvalue weighted by Crippen LogP contribution is 2.23. The van der Waals surface area contributed by atoms with Gasteiger partial charge in [0.25, 0.3) is 5.91 Å². The first-order valence-electron chi connectivity index (χ1n) is 7.87. The summed E-state index contributed by atoms with van der Waals surface area (Å²) in [5.41, 5.74) is 5.27. The van der Waals surface area contributed by atoms with Crippen molar-refractivity contribution in [2.75, 3.05) is 0 Å². The number of amides is 1. The molecule has 0 unspecified atom stereocenters. The number of hydrogen-bond donors (Lipinski definition) is 2. The van der Waals surface area contributed by atoms with E-state index in [0.717, 1.165) is 16.2 Å². The van der Waals surface area contributed by atoms with Crippen LogP contribution in [-0.4, -0.2) is 27.3 Å². The molecule has 0 atom stereocenters. The van der Waals surface area contributed by atoms with Crippen molar-refractivity contribution in [1.82, 2.24) is 15.4 Å². The van der Waals surface area contributed by atoms with Crippen molar-refractivity contribution in [3.05, 3.63) is 57.6 Å². The Bertz CT molecular complexity index is 984. The van der Waals surface area contributed by atoms with Crippen LogP contribution in [0.5, 0.6) is 0 Å². The van der Waals surface area contributed by atoms with Gasteiger partial charge in [0, 0.05) is 21.4 Å². The zero-order chi connectivity index (χ0) is 18.7. The van der Waals surface area contributed by atoms with Gasteiger partial charge >= 0.3 is 0 Å². The van der Waals surface area contributed by atoms with E-state index in [-0.39, 0.29) is 5.91 Å². The molecule has 0 bridgehead atoms. The van der Waals surface area contributed by atoms with Gasteiger partial charge in [-0.15, -0.1) is 0 Å². The minimum absolute atomic E-state index is 0.319. The number of nitrogens with one attached hydrogen (secondary N) is 2. The summed E-state index contributed by atoms with van der Waals surface area (Å²) in [5.74, 6) is -0.319. The average Bonchev–Trinajstić information content (AvgIpc) is 2.97. The van der Waals surface area contributed by atoms with Gasteiger partial charge in [-0.1, -0.05) is 54.9 Å². The van der Waals surface area contributed by atoms with Gasteiger partial charge in [-0.3, -0.25) is 4.79 Å². The molecule has 0 fully saturated rings. The number of carbonyl (C=O) groups is 1. The van der Waals surface area contributed by atoms with Crippen molar-refractivity contribution in [3.8, 4) is 0 Å². The number of carbonyl (C=O) groups excluding carboxylic acids is 1. The lowest BCUT2D eigenvalue weighted by molar-refractivity contribution is 0.0955. The molecule has 0 saturated heterocycles. The maximum Gasteiger partial charge on any atom is 0.271 e. The van der Waals surface area contributed by atoms with Crippen molar-refractivity contribution >= 4 is 58.1 Å². The van der Waals surface area contributed by atoms with Crippen molar-refractivity contribution in [2.45, 2.75) is 24.3 Å². The van der Waals surface area contributed by atoms with E-state index in [2.05, 4.69) is 34.3 Å². The first-order chi connectivity index (χ1) is 12.4. The Kier molecular flexibility index (Phi) is 5.86. The Balaban J connectivity index is 1.72. The predicted octanol–water partition coefficient (Wildman–Crippen LogP) is 5.13. The fourth-order valence-corrected chi connectivity index (χ4v) is 3.46. The minimum atomic E-state index is -0.319. The van der Waals surface area contributed by atoms with E-state index in [1.165, 1.54) is 6.21 Å². The Morgan fingerprint density at radius 3 is 2.81 bits per heavy atom. The van der Waals surface area contributed by atoms with Gasteiger partial charge in [0.15, 0.2) is 5.16 Å². The highest BCUT2D eigenvalue weighted by atomic mass is 35.5. The molecule has 0 radical (unpaired) electrons. The zero-order valence-electron chi connectivity index (χ0n) is 14.1. The topological polar surface area (TPSA) is 70.1 Å². The maximum atomic E-state index is 12.3. The maximum absolute atomic E-state index is 12.3. The molecule has 3 aromatic rings. The van der Waals surface area contributed by atoms with Crippen LogP contribution in [0, 0.1) is 0 Å². The summed E-state index contributed by atoms with van der Waals surface area (Å²) < 4.78 is 0. The molecule has 1 aromatic heterocycles. The normalized spacial score (nSPS) is 11.6. The summed E-state index contributed by atoms with van der Waals surface area (Å²) in [6, 6.07) is 10.3. The van der Waals surface area contributed by atoms with Gasteiger partial charge in [0.2, 0.25) is 0 Å². The van der Waals surface area contributed by atoms with E-state index in [1.54, 1.807) is 42.1 Å². The van der Waals surface area contributed by atoms with Crippen LogP contribution in [-0.2, 0) is 0 Å². The Hall–Kier alpha value is -2.02. The highest BCUT2D eigenvalue weighted by Gasteiger charge is 2.10. The van der Waals surface area contributed by atoms with Crippen LogP contribution in [0.2, 0.25) is 10.0 Å². The molecule has 0 saturated carbocycles. The monoisotopic (exact) mass is 406 g/mol. The third-order valence-corrected chi connectivity index (χ3v) is 4.85. The van der Waals surface area contributed by atoms with Gasteiger partial charge in [0.1, 0.15) is 0 Å². The first kappa shape index (κ1) is 18.8. The number of rotatable bonds is 5. The van der Waals surface area contributed by atoms with Crippen LogP contribution >= 0.6 is 35.0 Å². The van der Waals surface area contributed by atoms with Crippen LogP contribution in [0.3, 0.4) is 0 Å². The van der Waals surface area contributed by atoms with E-state index < -0.39 is 0 Å². The van der Waals surface area contributed by atoms with Crippen LogP contribution in [0.1, 0.15) is 29.8 Å². The quantitative estimate of drug-likeness (QED) is 0.350. The second-order valence-electron chi connectivity index (χ2n) is 5.81. The van der Waals surface area contributed by atoms with Gasteiger partial charge in [-0.2, -0.15) is 5.10 Å². The number of aromatic amines is 1. The molecule has 1 heterocycles. The Morgan fingerprint density at radius 1 is 1.27 bits per heavy atom. The molecular formula is C18H16Cl2N4OS. The molecule has 2 N–H and O–H groups in total. The number of aromatic nitrogens is 2. The molecule has 3 rings (SSSR count). The second kappa shape index (κ2) is 8.12. The van der Waals surface area contributed by atoms with E-state index in [0.29, 0.717) is 26.4 Å². The third kappa shape index (κ3) is 4.58. The number of nitrogens with zero attached hydrogens (tertiary/aromatic N) is 2. The molecule has 26 heavy (non-hydrogen) atoms. The minimum Gasteiger partial charge on any atom is -0.333 e. The number of imidazole rings is 1. The fourth-order valence-electron chi connectivity index (χ4n) is 2.24. The average molecular weight is 407 g/mol. The van der Waals surface area contributed by atoms with Crippen molar-refractivity contribution in [1.29, 1.82) is 0 Å². The Morgan fingerprint density at radius 2 is 2.08 bits per heavy atom. The molecule has 0 aliphatic heterocycles. The van der Waals surface area contributed by atoms with Crippen molar-refractivity contribution in [3.63, 3.8) is 0 Å². The van der Waals surface area contributed by atoms with Crippen molar-refractivity contribution in [2.24, 2.45) is 5.10 Å². The molecule has 0 aliphatic rings. The molecule has 2 aromatic carbocycles. The zero-order valence-corrected chi connectivity index (χ0v) is 16.4.